The third kappa shape index (κ3) is 4.27. The fourth-order valence-corrected chi connectivity index (χ4v) is 1.29. The first-order valence-corrected chi connectivity index (χ1v) is 5.33. The monoisotopic (exact) mass is 276 g/mol. The number of rotatable bonds is 5. The van der Waals surface area contributed by atoms with Gasteiger partial charge < -0.3 is 9.47 Å². The second kappa shape index (κ2) is 6.21. The van der Waals surface area contributed by atoms with Crippen LogP contribution in [0.1, 0.15) is 22.8 Å². The van der Waals surface area contributed by atoms with Crippen LogP contribution >= 0.6 is 0 Å². The van der Waals surface area contributed by atoms with Crippen LogP contribution < -0.4 is 4.74 Å². The van der Waals surface area contributed by atoms with E-state index in [4.69, 9.17) is 4.74 Å². The van der Waals surface area contributed by atoms with Crippen molar-refractivity contribution in [2.75, 3.05) is 13.2 Å². The molecule has 104 valence electrons. The number of benzene rings is 1. The maximum Gasteiger partial charge on any atom is 0.416 e. The van der Waals surface area contributed by atoms with Crippen LogP contribution in [0, 0.1) is 0 Å². The smallest absolute Gasteiger partial charge is 0.416 e. The summed E-state index contributed by atoms with van der Waals surface area (Å²) in [7, 11) is 0. The Morgan fingerprint density at radius 2 is 2.05 bits per heavy atom. The van der Waals surface area contributed by atoms with Crippen LogP contribution in [0.5, 0.6) is 5.75 Å². The molecule has 0 bridgehead atoms. The lowest BCUT2D eigenvalue weighted by molar-refractivity contribution is -0.145. The Hall–Kier alpha value is -2.05. The quantitative estimate of drug-likeness (QED) is 0.612. The van der Waals surface area contributed by atoms with Gasteiger partial charge in [-0.15, -0.1) is 0 Å². The molecule has 0 unspecified atom stereocenters. The van der Waals surface area contributed by atoms with Crippen LogP contribution in [-0.2, 0) is 15.7 Å². The van der Waals surface area contributed by atoms with Crippen LogP contribution in [0.4, 0.5) is 13.2 Å². The Morgan fingerprint density at radius 3 is 2.58 bits per heavy atom. The largest absolute Gasteiger partial charge is 0.481 e. The molecule has 1 aromatic carbocycles. The minimum atomic E-state index is -4.54. The summed E-state index contributed by atoms with van der Waals surface area (Å²) in [5.74, 6) is -0.768. The molecule has 0 N–H and O–H groups in total. The lowest BCUT2D eigenvalue weighted by atomic mass is 10.1. The molecule has 0 spiro atoms. The zero-order valence-electron chi connectivity index (χ0n) is 9.99. The van der Waals surface area contributed by atoms with E-state index in [1.807, 2.05) is 0 Å². The van der Waals surface area contributed by atoms with E-state index >= 15 is 0 Å². The average Bonchev–Trinajstić information content (AvgIpc) is 2.35. The minimum Gasteiger partial charge on any atom is -0.481 e. The molecule has 0 aliphatic rings. The number of halogens is 3. The lowest BCUT2D eigenvalue weighted by Crippen LogP contribution is -2.15. The highest BCUT2D eigenvalue weighted by Gasteiger charge is 2.31. The topological polar surface area (TPSA) is 52.6 Å². The summed E-state index contributed by atoms with van der Waals surface area (Å²) in [6, 6.07) is 2.42. The number of alkyl halides is 3. The summed E-state index contributed by atoms with van der Waals surface area (Å²) >= 11 is 0. The van der Waals surface area contributed by atoms with E-state index in [0.717, 1.165) is 12.1 Å². The van der Waals surface area contributed by atoms with Crippen molar-refractivity contribution in [3.63, 3.8) is 0 Å². The maximum atomic E-state index is 12.4. The Kier molecular flexibility index (Phi) is 4.91. The van der Waals surface area contributed by atoms with Crippen LogP contribution in [-0.4, -0.2) is 25.5 Å². The van der Waals surface area contributed by atoms with Crippen LogP contribution in [0.3, 0.4) is 0 Å². The molecular formula is C12H11F3O4. The van der Waals surface area contributed by atoms with Crippen molar-refractivity contribution in [3.05, 3.63) is 29.3 Å². The van der Waals surface area contributed by atoms with Gasteiger partial charge in [-0.25, -0.2) is 4.79 Å². The highest BCUT2D eigenvalue weighted by Crippen LogP contribution is 2.32. The summed E-state index contributed by atoms with van der Waals surface area (Å²) in [4.78, 5) is 21.7. The second-order valence-electron chi connectivity index (χ2n) is 3.46. The van der Waals surface area contributed by atoms with E-state index in [1.165, 1.54) is 0 Å². The van der Waals surface area contributed by atoms with Gasteiger partial charge in [-0.2, -0.15) is 13.2 Å². The summed E-state index contributed by atoms with van der Waals surface area (Å²) < 4.78 is 46.8. The molecule has 7 heteroatoms. The molecule has 0 aromatic heterocycles. The molecule has 4 nitrogen and oxygen atoms in total. The number of aldehydes is 1. The molecule has 0 radical (unpaired) electrons. The number of carbonyl (C=O) groups is 2. The minimum absolute atomic E-state index is 0.101. The molecule has 0 aliphatic heterocycles. The lowest BCUT2D eigenvalue weighted by Gasteiger charge is -2.11. The van der Waals surface area contributed by atoms with Gasteiger partial charge in [0.2, 0.25) is 0 Å². The van der Waals surface area contributed by atoms with Gasteiger partial charge in [0, 0.05) is 0 Å². The van der Waals surface area contributed by atoms with Crippen molar-refractivity contribution in [2.45, 2.75) is 13.1 Å². The summed E-state index contributed by atoms with van der Waals surface area (Å²) in [6.45, 7) is 1.29. The zero-order valence-corrected chi connectivity index (χ0v) is 9.99. The van der Waals surface area contributed by atoms with E-state index in [2.05, 4.69) is 4.74 Å². The van der Waals surface area contributed by atoms with E-state index < -0.39 is 24.3 Å². The second-order valence-corrected chi connectivity index (χ2v) is 3.46. The SMILES string of the molecule is CCOC(=O)COc1ccc(C(F)(F)F)cc1C=O. The maximum absolute atomic E-state index is 12.4. The van der Waals surface area contributed by atoms with Gasteiger partial charge in [0.05, 0.1) is 17.7 Å². The van der Waals surface area contributed by atoms with Gasteiger partial charge >= 0.3 is 12.1 Å². The third-order valence-electron chi connectivity index (χ3n) is 2.11. The van der Waals surface area contributed by atoms with Crippen LogP contribution in [0.25, 0.3) is 0 Å². The predicted molar refractivity (Wildman–Crippen MR) is 59.0 cm³/mol. The number of hydrogen-bond donors (Lipinski definition) is 0. The van der Waals surface area contributed by atoms with E-state index in [9.17, 15) is 22.8 Å². The Labute approximate surface area is 107 Å². The van der Waals surface area contributed by atoms with Crippen molar-refractivity contribution in [3.8, 4) is 5.75 Å². The van der Waals surface area contributed by atoms with Gasteiger partial charge in [-0.3, -0.25) is 4.79 Å². The van der Waals surface area contributed by atoms with Crippen molar-refractivity contribution in [1.29, 1.82) is 0 Å². The van der Waals surface area contributed by atoms with Gasteiger partial charge in [-0.1, -0.05) is 0 Å². The average molecular weight is 276 g/mol. The van der Waals surface area contributed by atoms with Crippen molar-refractivity contribution >= 4 is 12.3 Å². The first kappa shape index (κ1) is 15.0. The predicted octanol–water partition coefficient (Wildman–Crippen LogP) is 2.46. The molecule has 0 amide bonds. The molecule has 0 saturated carbocycles. The zero-order chi connectivity index (χ0) is 14.5. The Morgan fingerprint density at radius 1 is 1.37 bits per heavy atom. The highest BCUT2D eigenvalue weighted by molar-refractivity contribution is 5.80. The molecule has 1 aromatic rings. The first-order valence-electron chi connectivity index (χ1n) is 5.33. The van der Waals surface area contributed by atoms with Crippen molar-refractivity contribution < 1.29 is 32.2 Å². The summed E-state index contributed by atoms with van der Waals surface area (Å²) in [6.07, 6.45) is -4.31. The van der Waals surface area contributed by atoms with Gasteiger partial charge in [0.15, 0.2) is 12.9 Å². The number of carbonyl (C=O) groups excluding carboxylic acids is 2. The fraction of sp³-hybridized carbons (Fsp3) is 0.333. The molecule has 0 fully saturated rings. The van der Waals surface area contributed by atoms with Crippen LogP contribution in [0.15, 0.2) is 18.2 Å². The standard InChI is InChI=1S/C12H11F3O4/c1-2-18-11(17)7-19-10-4-3-9(12(13,14)15)5-8(10)6-16/h3-6H,2,7H2,1H3. The van der Waals surface area contributed by atoms with Gasteiger partial charge in [0.25, 0.3) is 0 Å². The molecule has 1 rings (SSSR count). The molecule has 0 atom stereocenters. The fourth-order valence-electron chi connectivity index (χ4n) is 1.29. The summed E-state index contributed by atoms with van der Waals surface area (Å²) in [5.41, 5.74) is -1.24. The van der Waals surface area contributed by atoms with Crippen molar-refractivity contribution in [1.82, 2.24) is 0 Å². The number of hydrogen-bond acceptors (Lipinski definition) is 4. The third-order valence-corrected chi connectivity index (χ3v) is 2.11. The van der Waals surface area contributed by atoms with Crippen molar-refractivity contribution in [2.24, 2.45) is 0 Å². The molecule has 19 heavy (non-hydrogen) atoms. The van der Waals surface area contributed by atoms with E-state index in [0.29, 0.717) is 6.07 Å². The van der Waals surface area contributed by atoms with Crippen LogP contribution in [0.2, 0.25) is 0 Å². The Balaban J connectivity index is 2.85. The van der Waals surface area contributed by atoms with E-state index in [1.54, 1.807) is 6.92 Å². The normalized spacial score (nSPS) is 10.9. The molecule has 0 aliphatic carbocycles. The molecular weight excluding hydrogens is 265 g/mol. The Bertz CT molecular complexity index is 469. The molecule has 0 saturated heterocycles. The summed E-state index contributed by atoms with van der Waals surface area (Å²) in [5, 5.41) is 0. The van der Waals surface area contributed by atoms with Gasteiger partial charge in [-0.05, 0) is 25.1 Å². The number of esters is 1. The number of ether oxygens (including phenoxy) is 2. The first-order chi connectivity index (χ1) is 8.88. The highest BCUT2D eigenvalue weighted by atomic mass is 19.4. The molecule has 0 heterocycles. The van der Waals surface area contributed by atoms with E-state index in [-0.39, 0.29) is 24.2 Å². The van der Waals surface area contributed by atoms with Gasteiger partial charge in [0.1, 0.15) is 5.75 Å².